The second kappa shape index (κ2) is 10.4. The van der Waals surface area contributed by atoms with Crippen molar-refractivity contribution in [3.63, 3.8) is 0 Å². The van der Waals surface area contributed by atoms with Crippen LogP contribution < -0.4 is 4.74 Å². The summed E-state index contributed by atoms with van der Waals surface area (Å²) in [5.74, 6) is 0.672. The van der Waals surface area contributed by atoms with Gasteiger partial charge in [0.25, 0.3) is 5.91 Å². The summed E-state index contributed by atoms with van der Waals surface area (Å²) in [5.41, 5.74) is 5.13. The van der Waals surface area contributed by atoms with Crippen LogP contribution in [0.1, 0.15) is 50.5 Å². The third-order valence-electron chi connectivity index (χ3n) is 6.44. The molecule has 178 valence electrons. The van der Waals surface area contributed by atoms with Crippen LogP contribution in [0.2, 0.25) is 0 Å². The van der Waals surface area contributed by atoms with Crippen LogP contribution >= 0.6 is 11.3 Å². The van der Waals surface area contributed by atoms with E-state index in [2.05, 4.69) is 24.4 Å². The zero-order chi connectivity index (χ0) is 24.2. The summed E-state index contributed by atoms with van der Waals surface area (Å²) < 4.78 is 6.23. The lowest BCUT2D eigenvalue weighted by Crippen LogP contribution is -2.47. The van der Waals surface area contributed by atoms with E-state index in [1.165, 1.54) is 10.4 Å². The first-order chi connectivity index (χ1) is 16.4. The first-order valence-electron chi connectivity index (χ1n) is 11.8. The van der Waals surface area contributed by atoms with E-state index < -0.39 is 0 Å². The molecule has 6 heteroatoms. The average molecular weight is 477 g/mol. The molecule has 2 amide bonds. The predicted octanol–water partition coefficient (Wildman–Crippen LogP) is 5.34. The number of nitrogens with zero attached hydrogens (tertiary/aromatic N) is 2. The molecule has 34 heavy (non-hydrogen) atoms. The van der Waals surface area contributed by atoms with E-state index in [1.54, 1.807) is 16.2 Å². The van der Waals surface area contributed by atoms with Crippen LogP contribution in [-0.4, -0.2) is 47.9 Å². The van der Waals surface area contributed by atoms with Crippen LogP contribution in [0.4, 0.5) is 0 Å². The molecule has 3 aromatic rings. The summed E-state index contributed by atoms with van der Waals surface area (Å²) in [7, 11) is 0. The molecule has 0 bridgehead atoms. The van der Waals surface area contributed by atoms with Gasteiger partial charge in [-0.1, -0.05) is 35.4 Å². The van der Waals surface area contributed by atoms with E-state index in [4.69, 9.17) is 4.74 Å². The maximum Gasteiger partial charge on any atom is 0.254 e. The van der Waals surface area contributed by atoms with E-state index in [0.29, 0.717) is 25.3 Å². The van der Waals surface area contributed by atoms with E-state index in [-0.39, 0.29) is 24.4 Å². The topological polar surface area (TPSA) is 49.9 Å². The first-order valence-corrected chi connectivity index (χ1v) is 12.7. The van der Waals surface area contributed by atoms with Crippen LogP contribution in [0, 0.1) is 20.8 Å². The van der Waals surface area contributed by atoms with Crippen molar-refractivity contribution in [2.24, 2.45) is 0 Å². The molecule has 2 aromatic carbocycles. The Morgan fingerprint density at radius 1 is 1.06 bits per heavy atom. The zero-order valence-electron chi connectivity index (χ0n) is 20.3. The molecule has 1 atom stereocenters. The fourth-order valence-electron chi connectivity index (χ4n) is 4.46. The highest BCUT2D eigenvalue weighted by molar-refractivity contribution is 7.10. The Bertz CT molecular complexity index is 1170. The average Bonchev–Trinajstić information content (AvgIpc) is 3.31. The fraction of sp³-hybridized carbons (Fsp3) is 0.357. The minimum absolute atomic E-state index is 0.0478. The zero-order valence-corrected chi connectivity index (χ0v) is 21.2. The summed E-state index contributed by atoms with van der Waals surface area (Å²) in [6.07, 6.45) is 0.830. The normalized spacial score (nSPS) is 15.1. The minimum atomic E-state index is -0.170. The maximum atomic E-state index is 13.5. The molecule has 0 radical (unpaired) electrons. The second-order valence-electron chi connectivity index (χ2n) is 8.92. The third kappa shape index (κ3) is 5.17. The summed E-state index contributed by atoms with van der Waals surface area (Å²) in [5, 5.41) is 2.09. The molecule has 0 N–H and O–H groups in total. The summed E-state index contributed by atoms with van der Waals surface area (Å²) in [6.45, 7) is 9.55. The molecule has 0 aliphatic carbocycles. The van der Waals surface area contributed by atoms with Crippen molar-refractivity contribution in [3.05, 3.63) is 86.6 Å². The van der Waals surface area contributed by atoms with Crippen LogP contribution in [0.25, 0.3) is 0 Å². The summed E-state index contributed by atoms with van der Waals surface area (Å²) in [6, 6.07) is 15.6. The molecule has 2 heterocycles. The van der Waals surface area contributed by atoms with E-state index >= 15 is 0 Å². The van der Waals surface area contributed by atoms with Crippen LogP contribution in [-0.2, 0) is 11.2 Å². The van der Waals surface area contributed by atoms with Gasteiger partial charge in [0.15, 0.2) is 0 Å². The Kier molecular flexibility index (Phi) is 7.37. The van der Waals surface area contributed by atoms with Crippen LogP contribution in [0.3, 0.4) is 0 Å². The molecule has 1 aromatic heterocycles. The number of carbonyl (C=O) groups is 2. The van der Waals surface area contributed by atoms with Gasteiger partial charge in [-0.05, 0) is 74.9 Å². The lowest BCUT2D eigenvalue weighted by Gasteiger charge is -2.37. The van der Waals surface area contributed by atoms with Gasteiger partial charge in [-0.25, -0.2) is 0 Å². The number of ether oxygens (including phenoxy) is 1. The van der Waals surface area contributed by atoms with Gasteiger partial charge in [-0.3, -0.25) is 9.59 Å². The molecule has 0 spiro atoms. The Labute approximate surface area is 206 Å². The number of hydrogen-bond acceptors (Lipinski definition) is 4. The molecule has 0 fully saturated rings. The number of aryl methyl sites for hydroxylation is 3. The van der Waals surface area contributed by atoms with E-state index in [0.717, 1.165) is 28.9 Å². The number of carbonyl (C=O) groups excluding carboxylic acids is 2. The Balaban J connectivity index is 1.51. The summed E-state index contributed by atoms with van der Waals surface area (Å²) in [4.78, 5) is 31.4. The third-order valence-corrected chi connectivity index (χ3v) is 7.43. The van der Waals surface area contributed by atoms with Crippen molar-refractivity contribution >= 4 is 23.2 Å². The van der Waals surface area contributed by atoms with Crippen molar-refractivity contribution in [1.29, 1.82) is 0 Å². The van der Waals surface area contributed by atoms with Crippen molar-refractivity contribution in [2.75, 3.05) is 26.2 Å². The fourth-order valence-corrected chi connectivity index (χ4v) is 5.39. The first kappa shape index (κ1) is 24.0. The highest BCUT2D eigenvalue weighted by Crippen LogP contribution is 2.34. The number of rotatable bonds is 7. The quantitative estimate of drug-likeness (QED) is 0.462. The van der Waals surface area contributed by atoms with Gasteiger partial charge in [0.1, 0.15) is 18.9 Å². The van der Waals surface area contributed by atoms with Gasteiger partial charge in [0.05, 0.1) is 6.04 Å². The molecule has 1 unspecified atom stereocenters. The van der Waals surface area contributed by atoms with Crippen molar-refractivity contribution in [2.45, 2.75) is 40.2 Å². The number of thiophene rings is 1. The van der Waals surface area contributed by atoms with E-state index in [9.17, 15) is 9.59 Å². The van der Waals surface area contributed by atoms with Gasteiger partial charge < -0.3 is 14.5 Å². The predicted molar refractivity (Wildman–Crippen MR) is 137 cm³/mol. The monoisotopic (exact) mass is 476 g/mol. The Morgan fingerprint density at radius 2 is 1.79 bits per heavy atom. The number of amides is 2. The SMILES string of the molecule is CCN(CC(=O)N1CCc2sccc2C1COc1ccc(C)cc1C)C(=O)c1ccc(C)cc1. The molecule has 0 saturated carbocycles. The van der Waals surface area contributed by atoms with Crippen molar-refractivity contribution in [3.8, 4) is 5.75 Å². The summed E-state index contributed by atoms with van der Waals surface area (Å²) >= 11 is 1.73. The Morgan fingerprint density at radius 3 is 2.50 bits per heavy atom. The largest absolute Gasteiger partial charge is 0.491 e. The highest BCUT2D eigenvalue weighted by atomic mass is 32.1. The van der Waals surface area contributed by atoms with Crippen LogP contribution in [0.5, 0.6) is 5.75 Å². The van der Waals surface area contributed by atoms with Crippen molar-refractivity contribution < 1.29 is 14.3 Å². The van der Waals surface area contributed by atoms with E-state index in [1.807, 2.05) is 62.1 Å². The molecular weight excluding hydrogens is 444 g/mol. The number of benzene rings is 2. The number of fused-ring (bicyclic) bond motifs is 1. The Hall–Kier alpha value is -3.12. The number of hydrogen-bond donors (Lipinski definition) is 0. The van der Waals surface area contributed by atoms with Gasteiger partial charge in [-0.2, -0.15) is 0 Å². The molecule has 4 rings (SSSR count). The lowest BCUT2D eigenvalue weighted by atomic mass is 10.00. The molecule has 1 aliphatic rings. The maximum absolute atomic E-state index is 13.5. The van der Waals surface area contributed by atoms with Gasteiger partial charge >= 0.3 is 0 Å². The highest BCUT2D eigenvalue weighted by Gasteiger charge is 2.33. The molecule has 0 saturated heterocycles. The van der Waals surface area contributed by atoms with Gasteiger partial charge in [0, 0.05) is 23.5 Å². The molecular formula is C28H32N2O3S. The lowest BCUT2D eigenvalue weighted by molar-refractivity contribution is -0.135. The van der Waals surface area contributed by atoms with Gasteiger partial charge in [0.2, 0.25) is 5.91 Å². The minimum Gasteiger partial charge on any atom is -0.491 e. The standard InChI is InChI=1S/C28H32N2O3S/c1-5-29(28(32)22-9-6-19(2)7-10-22)17-27(31)30-14-12-26-23(13-15-34-26)24(30)18-33-25-11-8-20(3)16-21(25)4/h6-11,13,15-16,24H,5,12,14,17-18H2,1-4H3. The van der Waals surface area contributed by atoms with Crippen LogP contribution in [0.15, 0.2) is 53.9 Å². The molecule has 1 aliphatic heterocycles. The molecule has 5 nitrogen and oxygen atoms in total. The van der Waals surface area contributed by atoms with Crippen molar-refractivity contribution in [1.82, 2.24) is 9.80 Å². The second-order valence-corrected chi connectivity index (χ2v) is 9.92. The number of likely N-dealkylation sites (N-methyl/N-ethyl adjacent to an activating group) is 1. The van der Waals surface area contributed by atoms with Gasteiger partial charge in [-0.15, -0.1) is 11.3 Å². The smallest absolute Gasteiger partial charge is 0.254 e.